The number of esters is 1. The summed E-state index contributed by atoms with van der Waals surface area (Å²) in [7, 11) is 0. The normalized spacial score (nSPS) is 12.1. The van der Waals surface area contributed by atoms with E-state index in [4.69, 9.17) is 9.47 Å². The van der Waals surface area contributed by atoms with Crippen molar-refractivity contribution in [1.82, 2.24) is 4.98 Å². The molecule has 0 bridgehead atoms. The summed E-state index contributed by atoms with van der Waals surface area (Å²) in [5, 5.41) is 9.34. The third kappa shape index (κ3) is 5.03. The molecule has 156 valence electrons. The van der Waals surface area contributed by atoms with E-state index in [0.29, 0.717) is 34.7 Å². The number of nitriles is 1. The van der Waals surface area contributed by atoms with Crippen LogP contribution in [0, 0.1) is 25.2 Å². The molecule has 1 aromatic heterocycles. The number of benzene rings is 1. The summed E-state index contributed by atoms with van der Waals surface area (Å²) >= 11 is 0. The van der Waals surface area contributed by atoms with Gasteiger partial charge >= 0.3 is 5.97 Å². The van der Waals surface area contributed by atoms with Gasteiger partial charge in [-0.15, -0.1) is 0 Å². The van der Waals surface area contributed by atoms with E-state index in [1.165, 1.54) is 19.9 Å². The molecule has 0 aliphatic rings. The van der Waals surface area contributed by atoms with E-state index in [9.17, 15) is 19.6 Å². The molecular weight excluding hydrogens is 384 g/mol. The number of aromatic nitrogens is 1. The van der Waals surface area contributed by atoms with E-state index < -0.39 is 17.9 Å². The Bertz CT molecular complexity index is 1040. The molecule has 0 radical (unpaired) electrons. The number of aromatic amines is 1. The number of aryl methyl sites for hydroxylation is 1. The Labute approximate surface area is 175 Å². The van der Waals surface area contributed by atoms with E-state index in [1.54, 1.807) is 44.2 Å². The molecule has 0 fully saturated rings. The van der Waals surface area contributed by atoms with Crippen molar-refractivity contribution in [3.05, 3.63) is 57.9 Å². The number of carbonyl (C=O) groups is 3. The highest BCUT2D eigenvalue weighted by Crippen LogP contribution is 2.21. The Morgan fingerprint density at radius 3 is 2.33 bits per heavy atom. The predicted molar refractivity (Wildman–Crippen MR) is 111 cm³/mol. The molecule has 1 aromatic carbocycles. The average Bonchev–Trinajstić information content (AvgIpc) is 3.00. The van der Waals surface area contributed by atoms with Crippen molar-refractivity contribution in [1.29, 1.82) is 5.26 Å². The summed E-state index contributed by atoms with van der Waals surface area (Å²) in [6.45, 7) is 8.61. The first-order valence-corrected chi connectivity index (χ1v) is 9.49. The summed E-state index contributed by atoms with van der Waals surface area (Å²) in [6.07, 6.45) is 0.249. The van der Waals surface area contributed by atoms with Gasteiger partial charge < -0.3 is 14.5 Å². The van der Waals surface area contributed by atoms with Crippen molar-refractivity contribution in [2.75, 3.05) is 6.61 Å². The zero-order valence-electron chi connectivity index (χ0n) is 17.7. The van der Waals surface area contributed by atoms with Crippen LogP contribution in [-0.4, -0.2) is 35.2 Å². The second-order valence-electron chi connectivity index (χ2n) is 6.76. The number of hydrogen-bond acceptors (Lipinski definition) is 6. The standard InChI is InChI=1S/C23H24N2O5/c1-6-29-19-9-7-17(8-10-19)11-18(12-24)23(28)30-16(5)22(27)21-13(2)20(15(4)26)14(3)25-21/h7-11,16,25H,6H2,1-5H3/b18-11+/t16-/m0/s1. The van der Waals surface area contributed by atoms with Crippen LogP contribution in [0.5, 0.6) is 5.75 Å². The minimum absolute atomic E-state index is 0.157. The van der Waals surface area contributed by atoms with Gasteiger partial charge in [-0.05, 0) is 64.0 Å². The quantitative estimate of drug-likeness (QED) is 0.306. The lowest BCUT2D eigenvalue weighted by atomic mass is 10.0. The zero-order chi connectivity index (χ0) is 22.4. The number of hydrogen-bond donors (Lipinski definition) is 1. The Morgan fingerprint density at radius 1 is 1.20 bits per heavy atom. The summed E-state index contributed by atoms with van der Waals surface area (Å²) in [6, 6.07) is 8.67. The maximum absolute atomic E-state index is 12.7. The van der Waals surface area contributed by atoms with Gasteiger partial charge in [0.25, 0.3) is 0 Å². The number of ketones is 2. The van der Waals surface area contributed by atoms with Crippen LogP contribution in [0.1, 0.15) is 58.4 Å². The van der Waals surface area contributed by atoms with Gasteiger partial charge in [0, 0.05) is 11.3 Å². The second kappa shape index (κ2) is 9.70. The number of rotatable bonds is 8. The molecule has 1 N–H and O–H groups in total. The summed E-state index contributed by atoms with van der Waals surface area (Å²) < 4.78 is 10.6. The SMILES string of the molecule is CCOc1ccc(/C=C(\C#N)C(=O)O[C@@H](C)C(=O)c2[nH]c(C)c(C(C)=O)c2C)cc1. The molecule has 2 aromatic rings. The van der Waals surface area contributed by atoms with Crippen LogP contribution in [0.3, 0.4) is 0 Å². The van der Waals surface area contributed by atoms with Crippen LogP contribution in [-0.2, 0) is 9.53 Å². The van der Waals surface area contributed by atoms with Crippen LogP contribution in [0.2, 0.25) is 0 Å². The Hall–Kier alpha value is -3.66. The number of nitrogens with zero attached hydrogens (tertiary/aromatic N) is 1. The van der Waals surface area contributed by atoms with Crippen LogP contribution >= 0.6 is 0 Å². The number of nitrogens with one attached hydrogen (secondary N) is 1. The first-order chi connectivity index (χ1) is 14.2. The average molecular weight is 408 g/mol. The topological polar surface area (TPSA) is 109 Å². The predicted octanol–water partition coefficient (Wildman–Crippen LogP) is 3.95. The number of Topliss-reactive ketones (excluding diaryl/α,β-unsaturated/α-hetero) is 2. The molecule has 7 heteroatoms. The smallest absolute Gasteiger partial charge is 0.349 e. The molecule has 30 heavy (non-hydrogen) atoms. The van der Waals surface area contributed by atoms with Crippen molar-refractivity contribution < 1.29 is 23.9 Å². The van der Waals surface area contributed by atoms with Crippen LogP contribution in [0.4, 0.5) is 0 Å². The zero-order valence-corrected chi connectivity index (χ0v) is 17.7. The lowest BCUT2D eigenvalue weighted by Crippen LogP contribution is -2.26. The highest BCUT2D eigenvalue weighted by Gasteiger charge is 2.26. The molecular formula is C23H24N2O5. The fourth-order valence-electron chi connectivity index (χ4n) is 3.14. The summed E-state index contributed by atoms with van der Waals surface area (Å²) in [5.41, 5.74) is 2.14. The molecule has 7 nitrogen and oxygen atoms in total. The van der Waals surface area contributed by atoms with Gasteiger partial charge in [-0.2, -0.15) is 5.26 Å². The third-order valence-corrected chi connectivity index (χ3v) is 4.53. The van der Waals surface area contributed by atoms with Crippen molar-refractivity contribution in [2.24, 2.45) is 0 Å². The maximum atomic E-state index is 12.7. The molecule has 0 spiro atoms. The molecule has 0 unspecified atom stereocenters. The Kier molecular flexibility index (Phi) is 7.32. The van der Waals surface area contributed by atoms with Crippen molar-refractivity contribution in [2.45, 2.75) is 40.7 Å². The third-order valence-electron chi connectivity index (χ3n) is 4.53. The molecule has 2 rings (SSSR count). The molecule has 0 amide bonds. The van der Waals surface area contributed by atoms with E-state index in [0.717, 1.165) is 0 Å². The molecule has 1 heterocycles. The van der Waals surface area contributed by atoms with Gasteiger partial charge in [0.2, 0.25) is 5.78 Å². The van der Waals surface area contributed by atoms with Gasteiger partial charge in [0.1, 0.15) is 17.4 Å². The fourth-order valence-corrected chi connectivity index (χ4v) is 3.14. The van der Waals surface area contributed by atoms with E-state index >= 15 is 0 Å². The van der Waals surface area contributed by atoms with Crippen LogP contribution in [0.25, 0.3) is 6.08 Å². The van der Waals surface area contributed by atoms with E-state index in [-0.39, 0.29) is 17.1 Å². The number of H-pyrrole nitrogens is 1. The molecule has 0 saturated carbocycles. The number of carbonyl (C=O) groups excluding carboxylic acids is 3. The van der Waals surface area contributed by atoms with Crippen LogP contribution < -0.4 is 4.74 Å². The molecule has 0 aliphatic heterocycles. The summed E-state index contributed by atoms with van der Waals surface area (Å²) in [4.78, 5) is 39.8. The maximum Gasteiger partial charge on any atom is 0.349 e. The second-order valence-corrected chi connectivity index (χ2v) is 6.76. The molecule has 1 atom stereocenters. The van der Waals surface area contributed by atoms with Gasteiger partial charge in [-0.25, -0.2) is 4.79 Å². The van der Waals surface area contributed by atoms with Crippen molar-refractivity contribution in [3.8, 4) is 11.8 Å². The van der Waals surface area contributed by atoms with Crippen molar-refractivity contribution >= 4 is 23.6 Å². The van der Waals surface area contributed by atoms with Crippen LogP contribution in [0.15, 0.2) is 29.8 Å². The van der Waals surface area contributed by atoms with Gasteiger partial charge in [0.15, 0.2) is 11.9 Å². The summed E-state index contributed by atoms with van der Waals surface area (Å²) in [5.74, 6) is -0.860. The van der Waals surface area contributed by atoms with E-state index in [1.807, 2.05) is 6.92 Å². The molecule has 0 saturated heterocycles. The lowest BCUT2D eigenvalue weighted by Gasteiger charge is -2.12. The van der Waals surface area contributed by atoms with Crippen molar-refractivity contribution in [3.63, 3.8) is 0 Å². The van der Waals surface area contributed by atoms with Gasteiger partial charge in [-0.1, -0.05) is 12.1 Å². The van der Waals surface area contributed by atoms with Gasteiger partial charge in [0.05, 0.1) is 12.3 Å². The monoisotopic (exact) mass is 408 g/mol. The molecule has 0 aliphatic carbocycles. The fraction of sp³-hybridized carbons (Fsp3) is 0.304. The highest BCUT2D eigenvalue weighted by atomic mass is 16.5. The number of ether oxygens (including phenoxy) is 2. The minimum atomic E-state index is -1.13. The van der Waals surface area contributed by atoms with Gasteiger partial charge in [-0.3, -0.25) is 9.59 Å². The lowest BCUT2D eigenvalue weighted by molar-refractivity contribution is -0.141. The van der Waals surface area contributed by atoms with E-state index in [2.05, 4.69) is 4.98 Å². The Morgan fingerprint density at radius 2 is 1.83 bits per heavy atom. The highest BCUT2D eigenvalue weighted by molar-refractivity contribution is 6.06. The first kappa shape index (κ1) is 22.6. The largest absolute Gasteiger partial charge is 0.494 e. The minimum Gasteiger partial charge on any atom is -0.494 e. The Balaban J connectivity index is 2.17. The first-order valence-electron chi connectivity index (χ1n) is 9.49.